The third-order valence-electron chi connectivity index (χ3n) is 5.81. The molecule has 2 N–H and O–H groups in total. The van der Waals surface area contributed by atoms with Crippen LogP contribution in [0.1, 0.15) is 19.3 Å². The van der Waals surface area contributed by atoms with Gasteiger partial charge in [-0.25, -0.2) is 9.97 Å². The van der Waals surface area contributed by atoms with Crippen LogP contribution in [0.3, 0.4) is 0 Å². The van der Waals surface area contributed by atoms with E-state index in [1.165, 1.54) is 0 Å². The van der Waals surface area contributed by atoms with Crippen LogP contribution in [0.4, 0.5) is 5.82 Å². The summed E-state index contributed by atoms with van der Waals surface area (Å²) in [5.41, 5.74) is 2.41. The highest BCUT2D eigenvalue weighted by Gasteiger charge is 2.43. The summed E-state index contributed by atoms with van der Waals surface area (Å²) >= 11 is 0. The highest BCUT2D eigenvalue weighted by molar-refractivity contribution is 5.99. The number of carbonyl (C=O) groups is 1. The number of nitrogens with one attached hydrogen (secondary N) is 2. The number of fused-ring (bicyclic) bond motifs is 1. The molecule has 162 valence electrons. The molecule has 2 atom stereocenters. The van der Waals surface area contributed by atoms with Gasteiger partial charge >= 0.3 is 0 Å². The zero-order valence-corrected chi connectivity index (χ0v) is 18.0. The molecule has 3 aromatic heterocycles. The van der Waals surface area contributed by atoms with Gasteiger partial charge in [0.1, 0.15) is 17.2 Å². The largest absolute Gasteiger partial charge is 0.490 e. The van der Waals surface area contributed by atoms with Crippen molar-refractivity contribution < 1.29 is 14.3 Å². The minimum atomic E-state index is 0.0412. The van der Waals surface area contributed by atoms with Crippen LogP contribution in [0, 0.1) is 11.8 Å². The van der Waals surface area contributed by atoms with Gasteiger partial charge < -0.3 is 24.7 Å². The van der Waals surface area contributed by atoms with Gasteiger partial charge in [0, 0.05) is 35.8 Å². The summed E-state index contributed by atoms with van der Waals surface area (Å²) in [6.07, 6.45) is 6.91. The summed E-state index contributed by atoms with van der Waals surface area (Å²) in [6, 6.07) is 5.67. The van der Waals surface area contributed by atoms with Crippen molar-refractivity contribution in [3.05, 3.63) is 30.6 Å². The summed E-state index contributed by atoms with van der Waals surface area (Å²) < 4.78 is 11.6. The fourth-order valence-electron chi connectivity index (χ4n) is 4.03. The average molecular weight is 422 g/mol. The third kappa shape index (κ3) is 4.07. The monoisotopic (exact) mass is 421 g/mol. The Hall–Kier alpha value is -3.13. The summed E-state index contributed by atoms with van der Waals surface area (Å²) in [4.78, 5) is 26.9. The number of rotatable bonds is 8. The number of H-pyrrole nitrogens is 1. The predicted octanol–water partition coefficient (Wildman–Crippen LogP) is 3.31. The van der Waals surface area contributed by atoms with Crippen LogP contribution < -0.4 is 14.8 Å². The first kappa shape index (κ1) is 19.8. The number of aromatic nitrogens is 3. The van der Waals surface area contributed by atoms with Gasteiger partial charge in [-0.2, -0.15) is 0 Å². The second kappa shape index (κ2) is 7.85. The maximum Gasteiger partial charge on any atom is 0.228 e. The third-order valence-corrected chi connectivity index (χ3v) is 5.81. The Morgan fingerprint density at radius 3 is 2.87 bits per heavy atom. The van der Waals surface area contributed by atoms with E-state index in [9.17, 15) is 4.79 Å². The normalized spacial score (nSPS) is 20.1. The molecule has 0 spiro atoms. The average Bonchev–Trinajstić information content (AvgIpc) is 3.66. The van der Waals surface area contributed by atoms with Crippen molar-refractivity contribution in [1.29, 1.82) is 0 Å². The summed E-state index contributed by atoms with van der Waals surface area (Å²) in [6.45, 7) is 0.933. The van der Waals surface area contributed by atoms with Crippen LogP contribution in [-0.4, -0.2) is 59.6 Å². The summed E-state index contributed by atoms with van der Waals surface area (Å²) in [5.74, 6) is 2.36. The fourth-order valence-corrected chi connectivity index (χ4v) is 4.03. The van der Waals surface area contributed by atoms with Gasteiger partial charge in [-0.05, 0) is 57.5 Å². The number of pyridine rings is 2. The number of methoxy groups -OCH3 is 1. The maximum absolute atomic E-state index is 12.5. The number of ether oxygens (including phenoxy) is 2. The van der Waals surface area contributed by atoms with E-state index < -0.39 is 0 Å². The van der Waals surface area contributed by atoms with Gasteiger partial charge in [-0.3, -0.25) is 4.79 Å². The van der Waals surface area contributed by atoms with Crippen LogP contribution in [0.2, 0.25) is 0 Å². The van der Waals surface area contributed by atoms with Gasteiger partial charge in [0.2, 0.25) is 11.8 Å². The molecule has 2 aliphatic rings. The van der Waals surface area contributed by atoms with Crippen LogP contribution in [0.25, 0.3) is 22.2 Å². The molecule has 2 fully saturated rings. The minimum absolute atomic E-state index is 0.0412. The molecule has 8 nitrogen and oxygen atoms in total. The number of carbonyl (C=O) groups excluding carboxylic acids is 1. The first-order chi connectivity index (χ1) is 15.0. The zero-order valence-electron chi connectivity index (χ0n) is 18.0. The molecule has 3 heterocycles. The fraction of sp³-hybridized carbons (Fsp3) is 0.435. The molecule has 0 aromatic carbocycles. The van der Waals surface area contributed by atoms with Crippen molar-refractivity contribution in [2.45, 2.75) is 25.4 Å². The van der Waals surface area contributed by atoms with Crippen molar-refractivity contribution in [2.24, 2.45) is 11.8 Å². The topological polar surface area (TPSA) is 92.4 Å². The molecule has 0 radical (unpaired) electrons. The van der Waals surface area contributed by atoms with Crippen molar-refractivity contribution >= 4 is 22.8 Å². The summed E-state index contributed by atoms with van der Waals surface area (Å²) in [7, 11) is 5.67. The summed E-state index contributed by atoms with van der Waals surface area (Å²) in [5, 5.41) is 3.88. The van der Waals surface area contributed by atoms with Gasteiger partial charge in [0.15, 0.2) is 0 Å². The minimum Gasteiger partial charge on any atom is -0.490 e. The molecule has 1 amide bonds. The Balaban J connectivity index is 1.40. The standard InChI is InChI=1S/C23H27N5O3/c1-28(2)12-13-10-16(13)22(29)27-19-7-6-15-17(11-25-21(15)26-19)20-18(31-14-4-5-14)8-9-24-23(20)30-3/h6-9,11,13-14,16H,4-5,10,12H2,1-3H3,(H2,25,26,27,29)/t13-,16+/m1/s1. The molecule has 31 heavy (non-hydrogen) atoms. The number of hydrogen-bond acceptors (Lipinski definition) is 6. The molecule has 8 heteroatoms. The number of aromatic amines is 1. The highest BCUT2D eigenvalue weighted by atomic mass is 16.5. The lowest BCUT2D eigenvalue weighted by atomic mass is 10.1. The van der Waals surface area contributed by atoms with Gasteiger partial charge in [0.25, 0.3) is 0 Å². The van der Waals surface area contributed by atoms with E-state index in [4.69, 9.17) is 9.47 Å². The van der Waals surface area contributed by atoms with E-state index in [1.807, 2.05) is 38.5 Å². The molecule has 2 saturated carbocycles. The molecule has 0 aliphatic heterocycles. The first-order valence-electron chi connectivity index (χ1n) is 10.7. The van der Waals surface area contributed by atoms with E-state index in [1.54, 1.807) is 13.3 Å². The molecule has 3 aromatic rings. The number of nitrogens with zero attached hydrogens (tertiary/aromatic N) is 3. The van der Waals surface area contributed by atoms with Crippen LogP contribution in [-0.2, 0) is 4.79 Å². The van der Waals surface area contributed by atoms with E-state index in [2.05, 4.69) is 25.2 Å². The zero-order chi connectivity index (χ0) is 21.5. The van der Waals surface area contributed by atoms with Crippen LogP contribution >= 0.6 is 0 Å². The lowest BCUT2D eigenvalue weighted by Gasteiger charge is -2.13. The Kier molecular flexibility index (Phi) is 5.02. The van der Waals surface area contributed by atoms with E-state index in [0.29, 0.717) is 23.3 Å². The van der Waals surface area contributed by atoms with Crippen molar-refractivity contribution in [1.82, 2.24) is 19.9 Å². The van der Waals surface area contributed by atoms with Crippen LogP contribution in [0.5, 0.6) is 11.6 Å². The lowest BCUT2D eigenvalue weighted by molar-refractivity contribution is -0.117. The SMILES string of the molecule is COc1nccc(OC2CC2)c1-c1c[nH]c2nc(NC(=O)[C@H]3C[C@@H]3CN(C)C)ccc12. The highest BCUT2D eigenvalue weighted by Crippen LogP contribution is 2.43. The Morgan fingerprint density at radius 1 is 1.29 bits per heavy atom. The molecule has 0 saturated heterocycles. The maximum atomic E-state index is 12.5. The lowest BCUT2D eigenvalue weighted by Crippen LogP contribution is -2.20. The Bertz CT molecular complexity index is 1120. The van der Waals surface area contributed by atoms with Crippen molar-refractivity contribution in [3.63, 3.8) is 0 Å². The second-order valence-electron chi connectivity index (χ2n) is 8.66. The van der Waals surface area contributed by atoms with E-state index >= 15 is 0 Å². The first-order valence-corrected chi connectivity index (χ1v) is 10.7. The number of hydrogen-bond donors (Lipinski definition) is 2. The molecule has 2 aliphatic carbocycles. The van der Waals surface area contributed by atoms with Crippen LogP contribution in [0.15, 0.2) is 30.6 Å². The van der Waals surface area contributed by atoms with E-state index in [-0.39, 0.29) is 17.9 Å². The second-order valence-corrected chi connectivity index (χ2v) is 8.66. The smallest absolute Gasteiger partial charge is 0.228 e. The van der Waals surface area contributed by atoms with Crippen molar-refractivity contribution in [2.75, 3.05) is 33.1 Å². The van der Waals surface area contributed by atoms with Crippen molar-refractivity contribution in [3.8, 4) is 22.8 Å². The number of amides is 1. The molecule has 5 rings (SSSR count). The van der Waals surface area contributed by atoms with Gasteiger partial charge in [0.05, 0.1) is 18.8 Å². The number of anilines is 1. The van der Waals surface area contributed by atoms with Gasteiger partial charge in [-0.15, -0.1) is 0 Å². The Labute approximate surface area is 181 Å². The molecule has 0 unspecified atom stereocenters. The molecule has 0 bridgehead atoms. The molecular weight excluding hydrogens is 394 g/mol. The quantitative estimate of drug-likeness (QED) is 0.580. The predicted molar refractivity (Wildman–Crippen MR) is 118 cm³/mol. The molecular formula is C23H27N5O3. The van der Waals surface area contributed by atoms with Gasteiger partial charge in [-0.1, -0.05) is 0 Å². The Morgan fingerprint density at radius 2 is 2.13 bits per heavy atom. The van der Waals surface area contributed by atoms with E-state index in [0.717, 1.165) is 48.1 Å².